The van der Waals surface area contributed by atoms with Crippen molar-refractivity contribution < 1.29 is 19.2 Å². The molecule has 6 rings (SSSR count). The molecule has 1 atom stereocenters. The zero-order chi connectivity index (χ0) is 35.4. The summed E-state index contributed by atoms with van der Waals surface area (Å²) in [5, 5.41) is 12.4. The third-order valence-electron chi connectivity index (χ3n) is 8.58. The highest BCUT2D eigenvalue weighted by molar-refractivity contribution is 6.36. The summed E-state index contributed by atoms with van der Waals surface area (Å²) in [4.78, 5) is 33.3. The third kappa shape index (κ3) is 8.46. The molecule has 1 N–H and O–H groups in total. The SMILES string of the molecule is CC(C)(C)COC(=O)N1CCC(Oc2ccc(-c3ccc(C(c4ccc([N+](=O)[O-])cc4)c4nc(-c5ccc(Cl)cc5Cl)c[nH]4)cc3)cc2)CC1. The zero-order valence-electron chi connectivity index (χ0n) is 28.1. The molecule has 4 aromatic carbocycles. The molecule has 11 heteroatoms. The van der Waals surface area contributed by atoms with Crippen LogP contribution in [0.2, 0.25) is 10.0 Å². The van der Waals surface area contributed by atoms with E-state index in [1.807, 2.05) is 63.2 Å². The number of aromatic nitrogens is 2. The first-order valence-corrected chi connectivity index (χ1v) is 17.2. The number of aromatic amines is 1. The maximum Gasteiger partial charge on any atom is 0.409 e. The molecule has 1 aliphatic heterocycles. The number of hydrogen-bond donors (Lipinski definition) is 1. The molecule has 50 heavy (non-hydrogen) atoms. The van der Waals surface area contributed by atoms with Gasteiger partial charge >= 0.3 is 6.09 Å². The van der Waals surface area contributed by atoms with Crippen molar-refractivity contribution >= 4 is 35.0 Å². The Labute approximate surface area is 301 Å². The van der Waals surface area contributed by atoms with Gasteiger partial charge in [-0.05, 0) is 58.0 Å². The van der Waals surface area contributed by atoms with Crippen LogP contribution in [0.3, 0.4) is 0 Å². The van der Waals surface area contributed by atoms with Crippen molar-refractivity contribution in [3.05, 3.63) is 134 Å². The number of rotatable bonds is 9. The molecule has 0 bridgehead atoms. The lowest BCUT2D eigenvalue weighted by Crippen LogP contribution is -2.42. The highest BCUT2D eigenvalue weighted by atomic mass is 35.5. The monoisotopic (exact) mass is 712 g/mol. The van der Waals surface area contributed by atoms with E-state index in [1.165, 1.54) is 12.1 Å². The van der Waals surface area contributed by atoms with E-state index in [-0.39, 0.29) is 29.2 Å². The molecule has 1 amide bonds. The number of nitrogens with zero attached hydrogens (tertiary/aromatic N) is 3. The van der Waals surface area contributed by atoms with Crippen LogP contribution in [0, 0.1) is 15.5 Å². The molecule has 9 nitrogen and oxygen atoms in total. The van der Waals surface area contributed by atoms with E-state index in [4.69, 9.17) is 37.7 Å². The van der Waals surface area contributed by atoms with Gasteiger partial charge in [0.25, 0.3) is 5.69 Å². The summed E-state index contributed by atoms with van der Waals surface area (Å²) in [6.07, 6.45) is 3.05. The summed E-state index contributed by atoms with van der Waals surface area (Å²) in [6.45, 7) is 7.72. The topological polar surface area (TPSA) is 111 Å². The van der Waals surface area contributed by atoms with E-state index in [0.717, 1.165) is 46.4 Å². The number of carbonyl (C=O) groups is 1. The smallest absolute Gasteiger partial charge is 0.409 e. The number of benzene rings is 4. The van der Waals surface area contributed by atoms with E-state index in [2.05, 4.69) is 17.1 Å². The first kappa shape index (κ1) is 35.0. The van der Waals surface area contributed by atoms with Gasteiger partial charge in [0.2, 0.25) is 0 Å². The minimum absolute atomic E-state index is 0.0186. The molecule has 0 saturated carbocycles. The number of carbonyl (C=O) groups excluding carboxylic acids is 1. The Morgan fingerprint density at radius 1 is 0.940 bits per heavy atom. The van der Waals surface area contributed by atoms with Crippen molar-refractivity contribution in [1.82, 2.24) is 14.9 Å². The Balaban J connectivity index is 1.15. The van der Waals surface area contributed by atoms with E-state index < -0.39 is 4.92 Å². The molecule has 1 saturated heterocycles. The van der Waals surface area contributed by atoms with Gasteiger partial charge in [0, 0.05) is 54.8 Å². The van der Waals surface area contributed by atoms with Crippen LogP contribution in [-0.2, 0) is 4.74 Å². The summed E-state index contributed by atoms with van der Waals surface area (Å²) in [6, 6.07) is 28.0. The average molecular weight is 714 g/mol. The Kier molecular flexibility index (Phi) is 10.5. The number of imidazole rings is 1. The Morgan fingerprint density at radius 3 is 2.12 bits per heavy atom. The van der Waals surface area contributed by atoms with Gasteiger partial charge in [0.05, 0.1) is 28.2 Å². The molecule has 0 spiro atoms. The van der Waals surface area contributed by atoms with Crippen LogP contribution in [-0.4, -0.2) is 51.7 Å². The lowest BCUT2D eigenvalue weighted by molar-refractivity contribution is -0.384. The van der Waals surface area contributed by atoms with E-state index in [1.54, 1.807) is 35.4 Å². The summed E-state index contributed by atoms with van der Waals surface area (Å²) >= 11 is 12.6. The van der Waals surface area contributed by atoms with Gasteiger partial charge < -0.3 is 19.4 Å². The highest BCUT2D eigenvalue weighted by Gasteiger charge is 2.26. The van der Waals surface area contributed by atoms with Crippen LogP contribution in [0.5, 0.6) is 5.75 Å². The number of hydrogen-bond acceptors (Lipinski definition) is 6. The molecule has 1 aliphatic rings. The molecule has 2 heterocycles. The molecular weight excluding hydrogens is 675 g/mol. The third-order valence-corrected chi connectivity index (χ3v) is 9.13. The maximum atomic E-state index is 12.4. The lowest BCUT2D eigenvalue weighted by atomic mass is 9.89. The van der Waals surface area contributed by atoms with Crippen molar-refractivity contribution in [1.29, 1.82) is 0 Å². The van der Waals surface area contributed by atoms with E-state index >= 15 is 0 Å². The molecular formula is C39H38Cl2N4O5. The fourth-order valence-electron chi connectivity index (χ4n) is 5.93. The second-order valence-electron chi connectivity index (χ2n) is 13.6. The normalized spacial score (nSPS) is 14.3. The Morgan fingerprint density at radius 2 is 1.54 bits per heavy atom. The average Bonchev–Trinajstić information content (AvgIpc) is 3.57. The Bertz CT molecular complexity index is 1950. The summed E-state index contributed by atoms with van der Waals surface area (Å²) in [5.74, 6) is 1.13. The summed E-state index contributed by atoms with van der Waals surface area (Å²) in [7, 11) is 0. The molecule has 1 aromatic heterocycles. The minimum atomic E-state index is -0.409. The van der Waals surface area contributed by atoms with Crippen LogP contribution in [0.15, 0.2) is 97.2 Å². The number of nitro groups is 1. The number of ether oxygens (including phenoxy) is 2. The number of nitro benzene ring substituents is 1. The number of piperidine rings is 1. The van der Waals surface area contributed by atoms with Gasteiger partial charge in [-0.1, -0.05) is 92.5 Å². The largest absolute Gasteiger partial charge is 0.490 e. The van der Waals surface area contributed by atoms with Crippen LogP contribution >= 0.6 is 23.2 Å². The number of halogens is 2. The fourth-order valence-corrected chi connectivity index (χ4v) is 6.43. The number of nitrogens with one attached hydrogen (secondary N) is 1. The van der Waals surface area contributed by atoms with Crippen molar-refractivity contribution in [3.8, 4) is 28.1 Å². The molecule has 0 aliphatic carbocycles. The maximum absolute atomic E-state index is 12.4. The van der Waals surface area contributed by atoms with Crippen molar-refractivity contribution in [2.24, 2.45) is 5.41 Å². The van der Waals surface area contributed by atoms with Gasteiger partial charge in [0.1, 0.15) is 17.7 Å². The predicted molar refractivity (Wildman–Crippen MR) is 196 cm³/mol. The van der Waals surface area contributed by atoms with Crippen molar-refractivity contribution in [3.63, 3.8) is 0 Å². The summed E-state index contributed by atoms with van der Waals surface area (Å²) < 4.78 is 11.7. The van der Waals surface area contributed by atoms with Gasteiger partial charge in [-0.15, -0.1) is 0 Å². The highest BCUT2D eigenvalue weighted by Crippen LogP contribution is 2.36. The van der Waals surface area contributed by atoms with Crippen molar-refractivity contribution in [2.45, 2.75) is 45.6 Å². The standard InChI is InChI=1S/C39H38Cl2N4O5/c1-39(2,3)24-49-38(46)44-20-18-32(19-21-44)50-31-15-10-26(11-16-31)25-4-6-27(7-5-25)36(28-8-13-30(14-9-28)45(47)48)37-42-23-35(43-37)33-17-12-29(40)22-34(33)41/h4-17,22-23,32,36H,18-21,24H2,1-3H3,(H,42,43). The molecule has 258 valence electrons. The van der Waals surface area contributed by atoms with Crippen LogP contribution in [0.25, 0.3) is 22.4 Å². The van der Waals surface area contributed by atoms with Crippen molar-refractivity contribution in [2.75, 3.05) is 19.7 Å². The number of non-ortho nitro benzene ring substituents is 1. The van der Waals surface area contributed by atoms with Crippen LogP contribution in [0.4, 0.5) is 10.5 Å². The summed E-state index contributed by atoms with van der Waals surface area (Å²) in [5.41, 5.74) is 5.22. The minimum Gasteiger partial charge on any atom is -0.490 e. The number of amides is 1. The molecule has 0 radical (unpaired) electrons. The lowest BCUT2D eigenvalue weighted by Gasteiger charge is -2.32. The second-order valence-corrected chi connectivity index (χ2v) is 14.5. The van der Waals surface area contributed by atoms with Crippen LogP contribution in [0.1, 0.15) is 56.5 Å². The zero-order valence-corrected chi connectivity index (χ0v) is 29.6. The number of H-pyrrole nitrogens is 1. The quantitative estimate of drug-likeness (QED) is 0.120. The fraction of sp³-hybridized carbons (Fsp3) is 0.282. The molecule has 1 unspecified atom stereocenters. The first-order valence-electron chi connectivity index (χ1n) is 16.5. The first-order chi connectivity index (χ1) is 23.9. The second kappa shape index (κ2) is 14.9. The van der Waals surface area contributed by atoms with E-state index in [9.17, 15) is 14.9 Å². The van der Waals surface area contributed by atoms with Gasteiger partial charge in [-0.3, -0.25) is 10.1 Å². The van der Waals surface area contributed by atoms with Gasteiger partial charge in [-0.25, -0.2) is 9.78 Å². The predicted octanol–water partition coefficient (Wildman–Crippen LogP) is 10.2. The van der Waals surface area contributed by atoms with Gasteiger partial charge in [0.15, 0.2) is 0 Å². The van der Waals surface area contributed by atoms with E-state index in [0.29, 0.717) is 41.3 Å². The number of likely N-dealkylation sites (tertiary alicyclic amines) is 1. The molecule has 1 fully saturated rings. The molecule has 5 aromatic rings. The van der Waals surface area contributed by atoms with Gasteiger partial charge in [-0.2, -0.15) is 0 Å². The van der Waals surface area contributed by atoms with Crippen LogP contribution < -0.4 is 4.74 Å². The Hall–Kier alpha value is -4.86.